The second kappa shape index (κ2) is 6.95. The summed E-state index contributed by atoms with van der Waals surface area (Å²) in [5.41, 5.74) is 0.291. The van der Waals surface area contributed by atoms with E-state index in [1.165, 1.54) is 15.9 Å². The predicted molar refractivity (Wildman–Crippen MR) is 95.2 cm³/mol. The fourth-order valence-electron chi connectivity index (χ4n) is 3.31. The quantitative estimate of drug-likeness (QED) is 0.843. The summed E-state index contributed by atoms with van der Waals surface area (Å²) in [5.74, 6) is -1.35. The Morgan fingerprint density at radius 3 is 2.88 bits per heavy atom. The van der Waals surface area contributed by atoms with Crippen LogP contribution in [0.1, 0.15) is 48.4 Å². The van der Waals surface area contributed by atoms with Crippen LogP contribution >= 0.6 is 11.3 Å². The molecule has 0 bridgehead atoms. The smallest absolute Gasteiger partial charge is 0.311 e. The third-order valence-electron chi connectivity index (χ3n) is 4.53. The molecule has 0 aromatic carbocycles. The van der Waals surface area contributed by atoms with Gasteiger partial charge in [0.25, 0.3) is 5.56 Å². The number of fused-ring (bicyclic) bond motifs is 3. The van der Waals surface area contributed by atoms with Gasteiger partial charge in [-0.3, -0.25) is 19.0 Å². The molecule has 8 heteroatoms. The van der Waals surface area contributed by atoms with Gasteiger partial charge in [0.1, 0.15) is 17.2 Å². The van der Waals surface area contributed by atoms with Crippen molar-refractivity contribution in [3.63, 3.8) is 0 Å². The Morgan fingerprint density at radius 2 is 2.20 bits per heavy atom. The summed E-state index contributed by atoms with van der Waals surface area (Å²) in [6.45, 7) is 4.10. The lowest BCUT2D eigenvalue weighted by Crippen LogP contribution is -2.34. The highest BCUT2D eigenvalue weighted by molar-refractivity contribution is 7.18. The van der Waals surface area contributed by atoms with Crippen LogP contribution in [-0.2, 0) is 22.6 Å². The maximum atomic E-state index is 13.0. The lowest BCUT2D eigenvalue weighted by atomic mass is 9.86. The van der Waals surface area contributed by atoms with Gasteiger partial charge in [-0.05, 0) is 38.2 Å². The molecule has 2 aromatic rings. The SMILES string of the molecule is CCCNC(=O)Cn1c(C)nc2sc3c(c2c1=O)C(C(=O)O)CCC3. The molecule has 0 spiro atoms. The van der Waals surface area contributed by atoms with Gasteiger partial charge >= 0.3 is 5.97 Å². The van der Waals surface area contributed by atoms with E-state index in [4.69, 9.17) is 0 Å². The third kappa shape index (κ3) is 3.18. The topological polar surface area (TPSA) is 101 Å². The number of carbonyl (C=O) groups is 2. The van der Waals surface area contributed by atoms with Crippen molar-refractivity contribution in [1.82, 2.24) is 14.9 Å². The van der Waals surface area contributed by atoms with E-state index in [1.807, 2.05) is 6.92 Å². The van der Waals surface area contributed by atoms with Crippen molar-refractivity contribution in [2.45, 2.75) is 52.0 Å². The molecule has 1 unspecified atom stereocenters. The third-order valence-corrected chi connectivity index (χ3v) is 5.69. The molecule has 0 aliphatic heterocycles. The van der Waals surface area contributed by atoms with Crippen molar-refractivity contribution >= 4 is 33.4 Å². The van der Waals surface area contributed by atoms with E-state index < -0.39 is 11.9 Å². The van der Waals surface area contributed by atoms with Gasteiger partial charge in [0, 0.05) is 11.4 Å². The van der Waals surface area contributed by atoms with E-state index in [9.17, 15) is 19.5 Å². The Balaban J connectivity index is 2.12. The van der Waals surface area contributed by atoms with Gasteiger partial charge in [-0.15, -0.1) is 11.3 Å². The van der Waals surface area contributed by atoms with Crippen LogP contribution in [0.25, 0.3) is 10.2 Å². The molecule has 2 aromatic heterocycles. The Hall–Kier alpha value is -2.22. The van der Waals surface area contributed by atoms with E-state index in [1.54, 1.807) is 6.92 Å². The summed E-state index contributed by atoms with van der Waals surface area (Å²) in [4.78, 5) is 42.7. The first-order valence-corrected chi connectivity index (χ1v) is 9.27. The minimum absolute atomic E-state index is 0.101. The number of carbonyl (C=O) groups excluding carboxylic acids is 1. The second-order valence-electron chi connectivity index (χ2n) is 6.30. The molecule has 2 heterocycles. The zero-order valence-corrected chi connectivity index (χ0v) is 15.1. The monoisotopic (exact) mass is 363 g/mol. The highest BCUT2D eigenvalue weighted by Gasteiger charge is 2.32. The molecule has 134 valence electrons. The number of carboxylic acid groups (broad SMARTS) is 1. The number of aryl methyl sites for hydroxylation is 2. The summed E-state index contributed by atoms with van der Waals surface area (Å²) in [6, 6.07) is 0. The zero-order chi connectivity index (χ0) is 18.1. The lowest BCUT2D eigenvalue weighted by molar-refractivity contribution is -0.139. The maximum Gasteiger partial charge on any atom is 0.311 e. The summed E-state index contributed by atoms with van der Waals surface area (Å²) in [5, 5.41) is 12.7. The Bertz CT molecular complexity index is 899. The van der Waals surface area contributed by atoms with Crippen LogP contribution in [0.4, 0.5) is 0 Å². The van der Waals surface area contributed by atoms with Gasteiger partial charge in [-0.1, -0.05) is 6.92 Å². The normalized spacial score (nSPS) is 16.6. The molecular formula is C17H21N3O4S. The highest BCUT2D eigenvalue weighted by Crippen LogP contribution is 2.40. The number of thiophene rings is 1. The fourth-order valence-corrected chi connectivity index (χ4v) is 4.63. The number of hydrogen-bond donors (Lipinski definition) is 2. The molecule has 2 N–H and O–H groups in total. The number of nitrogens with zero attached hydrogens (tertiary/aromatic N) is 2. The molecule has 0 saturated heterocycles. The van der Waals surface area contributed by atoms with E-state index in [0.717, 1.165) is 24.1 Å². The van der Waals surface area contributed by atoms with Crippen molar-refractivity contribution in [3.8, 4) is 0 Å². The number of carboxylic acids is 1. The van der Waals surface area contributed by atoms with Gasteiger partial charge in [0.15, 0.2) is 0 Å². The van der Waals surface area contributed by atoms with Crippen LogP contribution in [0.15, 0.2) is 4.79 Å². The van der Waals surface area contributed by atoms with Gasteiger partial charge in [0.05, 0.1) is 11.3 Å². The number of amides is 1. The summed E-state index contributed by atoms with van der Waals surface area (Å²) in [7, 11) is 0. The first-order chi connectivity index (χ1) is 11.9. The van der Waals surface area contributed by atoms with Gasteiger partial charge in [-0.2, -0.15) is 0 Å². The van der Waals surface area contributed by atoms with E-state index in [2.05, 4.69) is 10.3 Å². The molecule has 1 atom stereocenters. The summed E-state index contributed by atoms with van der Waals surface area (Å²) in [6.07, 6.45) is 2.91. The lowest BCUT2D eigenvalue weighted by Gasteiger charge is -2.19. The Labute approximate surface area is 148 Å². The van der Waals surface area contributed by atoms with Crippen molar-refractivity contribution in [1.29, 1.82) is 0 Å². The number of aliphatic carboxylic acids is 1. The van der Waals surface area contributed by atoms with Crippen LogP contribution in [-0.4, -0.2) is 33.1 Å². The van der Waals surface area contributed by atoms with Crippen molar-refractivity contribution in [3.05, 3.63) is 26.6 Å². The van der Waals surface area contributed by atoms with Crippen LogP contribution in [0.5, 0.6) is 0 Å². The van der Waals surface area contributed by atoms with Crippen LogP contribution < -0.4 is 10.9 Å². The summed E-state index contributed by atoms with van der Waals surface area (Å²) >= 11 is 1.40. The molecule has 0 saturated carbocycles. The van der Waals surface area contributed by atoms with E-state index in [0.29, 0.717) is 34.6 Å². The molecular weight excluding hydrogens is 342 g/mol. The largest absolute Gasteiger partial charge is 0.481 e. The Morgan fingerprint density at radius 1 is 1.44 bits per heavy atom. The van der Waals surface area contributed by atoms with Crippen LogP contribution in [0.2, 0.25) is 0 Å². The minimum Gasteiger partial charge on any atom is -0.481 e. The molecule has 1 amide bonds. The maximum absolute atomic E-state index is 13.0. The number of hydrogen-bond acceptors (Lipinski definition) is 5. The number of aromatic nitrogens is 2. The van der Waals surface area contributed by atoms with Crippen molar-refractivity contribution < 1.29 is 14.7 Å². The summed E-state index contributed by atoms with van der Waals surface area (Å²) < 4.78 is 1.34. The second-order valence-corrected chi connectivity index (χ2v) is 7.39. The average Bonchev–Trinajstić information content (AvgIpc) is 2.94. The van der Waals surface area contributed by atoms with E-state index in [-0.39, 0.29) is 18.0 Å². The molecule has 0 fully saturated rings. The molecule has 1 aliphatic carbocycles. The van der Waals surface area contributed by atoms with Crippen LogP contribution in [0, 0.1) is 6.92 Å². The minimum atomic E-state index is -0.909. The average molecular weight is 363 g/mol. The molecule has 0 radical (unpaired) electrons. The Kier molecular flexibility index (Phi) is 4.89. The van der Waals surface area contributed by atoms with Gasteiger partial charge in [-0.25, -0.2) is 4.98 Å². The fraction of sp³-hybridized carbons (Fsp3) is 0.529. The van der Waals surface area contributed by atoms with Gasteiger partial charge in [0.2, 0.25) is 5.91 Å². The molecule has 7 nitrogen and oxygen atoms in total. The van der Waals surface area contributed by atoms with Crippen molar-refractivity contribution in [2.24, 2.45) is 0 Å². The molecule has 25 heavy (non-hydrogen) atoms. The van der Waals surface area contributed by atoms with Crippen LogP contribution in [0.3, 0.4) is 0 Å². The zero-order valence-electron chi connectivity index (χ0n) is 14.3. The number of rotatable bonds is 5. The first kappa shape index (κ1) is 17.6. The standard InChI is InChI=1S/C17H21N3O4S/c1-3-7-18-12(21)8-20-9(2)19-15-14(16(20)22)13-10(17(23)24)5-4-6-11(13)25-15/h10H,3-8H2,1-2H3,(H,18,21)(H,23,24). The van der Waals surface area contributed by atoms with Gasteiger partial charge < -0.3 is 10.4 Å². The van der Waals surface area contributed by atoms with E-state index >= 15 is 0 Å². The van der Waals surface area contributed by atoms with Crippen molar-refractivity contribution in [2.75, 3.05) is 6.54 Å². The number of nitrogens with one attached hydrogen (secondary N) is 1. The predicted octanol–water partition coefficient (Wildman–Crippen LogP) is 1.80. The highest BCUT2D eigenvalue weighted by atomic mass is 32.1. The molecule has 1 aliphatic rings. The first-order valence-electron chi connectivity index (χ1n) is 8.46. The molecule has 3 rings (SSSR count).